The van der Waals surface area contributed by atoms with Gasteiger partial charge in [0, 0.05) is 18.9 Å². The third kappa shape index (κ3) is 5.21. The van der Waals surface area contributed by atoms with E-state index in [1.54, 1.807) is 12.1 Å². The number of sulfone groups is 1. The maximum Gasteiger partial charge on any atom is 0.240 e. The first-order chi connectivity index (χ1) is 15.2. The van der Waals surface area contributed by atoms with Crippen LogP contribution in [-0.4, -0.2) is 42.6 Å². The second kappa shape index (κ2) is 9.86. The Morgan fingerprint density at radius 2 is 1.66 bits per heavy atom. The summed E-state index contributed by atoms with van der Waals surface area (Å²) in [6.07, 6.45) is 2.90. The third-order valence-electron chi connectivity index (χ3n) is 4.71. The Hall–Kier alpha value is -2.66. The molecule has 170 valence electrons. The molecule has 0 saturated heterocycles. The molecule has 0 radical (unpaired) electrons. The van der Waals surface area contributed by atoms with Crippen molar-refractivity contribution in [2.45, 2.75) is 15.0 Å². The number of sulfonamides is 1. The van der Waals surface area contributed by atoms with Crippen LogP contribution in [0.15, 0.2) is 76.8 Å². The molecule has 1 unspecified atom stereocenters. The summed E-state index contributed by atoms with van der Waals surface area (Å²) in [4.78, 5) is 3.89. The van der Waals surface area contributed by atoms with Gasteiger partial charge in [-0.2, -0.15) is 0 Å². The molecule has 0 bridgehead atoms. The molecule has 1 atom stereocenters. The molecule has 0 fully saturated rings. The van der Waals surface area contributed by atoms with E-state index in [1.165, 1.54) is 69.1 Å². The molecular formula is C21H21ClN2O6S2. The lowest BCUT2D eigenvalue weighted by atomic mass is 10.2. The van der Waals surface area contributed by atoms with E-state index in [9.17, 15) is 16.8 Å². The number of halogens is 1. The second-order valence-corrected chi connectivity index (χ2v) is 10.9. The Morgan fingerprint density at radius 3 is 2.22 bits per heavy atom. The van der Waals surface area contributed by atoms with Crippen LogP contribution in [0.1, 0.15) is 10.8 Å². The molecule has 0 saturated carbocycles. The number of nitrogens with one attached hydrogen (secondary N) is 1. The van der Waals surface area contributed by atoms with Crippen molar-refractivity contribution in [3.8, 4) is 11.5 Å². The monoisotopic (exact) mass is 496 g/mol. The average Bonchev–Trinajstić information content (AvgIpc) is 2.79. The van der Waals surface area contributed by atoms with E-state index in [-0.39, 0.29) is 14.8 Å². The number of hydrogen-bond acceptors (Lipinski definition) is 7. The van der Waals surface area contributed by atoms with Crippen molar-refractivity contribution in [1.82, 2.24) is 9.71 Å². The topological polar surface area (TPSA) is 112 Å². The predicted molar refractivity (Wildman–Crippen MR) is 120 cm³/mol. The van der Waals surface area contributed by atoms with E-state index in [1.807, 2.05) is 0 Å². The van der Waals surface area contributed by atoms with Crippen LogP contribution in [0.5, 0.6) is 11.5 Å². The van der Waals surface area contributed by atoms with Gasteiger partial charge in [-0.15, -0.1) is 0 Å². The van der Waals surface area contributed by atoms with Crippen molar-refractivity contribution in [2.24, 2.45) is 0 Å². The van der Waals surface area contributed by atoms with E-state index in [4.69, 9.17) is 21.1 Å². The lowest BCUT2D eigenvalue weighted by molar-refractivity contribution is 0.414. The van der Waals surface area contributed by atoms with Gasteiger partial charge < -0.3 is 9.47 Å². The molecule has 0 aliphatic heterocycles. The number of benzene rings is 2. The van der Waals surface area contributed by atoms with Gasteiger partial charge in [0.2, 0.25) is 10.0 Å². The van der Waals surface area contributed by atoms with Crippen molar-refractivity contribution >= 4 is 31.5 Å². The number of rotatable bonds is 9. The number of aromatic nitrogens is 1. The molecule has 8 nitrogen and oxygen atoms in total. The zero-order chi connectivity index (χ0) is 23.4. The molecule has 11 heteroatoms. The fourth-order valence-electron chi connectivity index (χ4n) is 2.99. The molecule has 0 aliphatic carbocycles. The first kappa shape index (κ1) is 24.0. The van der Waals surface area contributed by atoms with E-state index < -0.39 is 31.7 Å². The lowest BCUT2D eigenvalue weighted by Gasteiger charge is -2.19. The van der Waals surface area contributed by atoms with Gasteiger partial charge in [0.1, 0.15) is 16.7 Å². The number of nitrogens with zero attached hydrogens (tertiary/aromatic N) is 1. The van der Waals surface area contributed by atoms with Gasteiger partial charge in [0.25, 0.3) is 0 Å². The minimum atomic E-state index is -4.06. The summed E-state index contributed by atoms with van der Waals surface area (Å²) < 4.78 is 64.9. The maximum atomic E-state index is 13.4. The molecule has 1 heterocycles. The fourth-order valence-corrected chi connectivity index (χ4v) is 6.13. The van der Waals surface area contributed by atoms with Crippen LogP contribution in [-0.2, 0) is 19.9 Å². The Bertz CT molecular complexity index is 1280. The molecule has 32 heavy (non-hydrogen) atoms. The molecule has 3 rings (SSSR count). The van der Waals surface area contributed by atoms with Crippen molar-refractivity contribution in [3.63, 3.8) is 0 Å². The van der Waals surface area contributed by atoms with Gasteiger partial charge in [-0.05, 0) is 54.1 Å². The van der Waals surface area contributed by atoms with Gasteiger partial charge in [0.15, 0.2) is 9.84 Å². The lowest BCUT2D eigenvalue weighted by Crippen LogP contribution is -2.32. The predicted octanol–water partition coefficient (Wildman–Crippen LogP) is 3.25. The van der Waals surface area contributed by atoms with Crippen LogP contribution >= 0.6 is 11.6 Å². The van der Waals surface area contributed by atoms with Crippen molar-refractivity contribution < 1.29 is 26.3 Å². The van der Waals surface area contributed by atoms with E-state index in [0.717, 1.165) is 0 Å². The highest BCUT2D eigenvalue weighted by Crippen LogP contribution is 2.30. The van der Waals surface area contributed by atoms with E-state index in [0.29, 0.717) is 17.1 Å². The molecule has 3 aromatic rings. The summed E-state index contributed by atoms with van der Waals surface area (Å²) in [6, 6.07) is 13.0. The van der Waals surface area contributed by atoms with Crippen LogP contribution in [0.25, 0.3) is 0 Å². The van der Waals surface area contributed by atoms with E-state index in [2.05, 4.69) is 9.71 Å². The van der Waals surface area contributed by atoms with Crippen molar-refractivity contribution in [2.75, 3.05) is 20.8 Å². The summed E-state index contributed by atoms with van der Waals surface area (Å²) >= 11 is 6.04. The Labute approximate surface area is 192 Å². The van der Waals surface area contributed by atoms with Crippen LogP contribution in [0.3, 0.4) is 0 Å². The minimum absolute atomic E-state index is 0.0267. The van der Waals surface area contributed by atoms with Crippen LogP contribution < -0.4 is 14.2 Å². The van der Waals surface area contributed by atoms with Crippen LogP contribution in [0, 0.1) is 0 Å². The fraction of sp³-hybridized carbons (Fsp3) is 0.190. The number of hydrogen-bond donors (Lipinski definition) is 1. The molecule has 2 aromatic carbocycles. The third-order valence-corrected chi connectivity index (χ3v) is 8.54. The molecular weight excluding hydrogens is 476 g/mol. The average molecular weight is 497 g/mol. The molecule has 1 aromatic heterocycles. The molecule has 0 amide bonds. The second-order valence-electron chi connectivity index (χ2n) is 6.64. The highest BCUT2D eigenvalue weighted by atomic mass is 35.5. The van der Waals surface area contributed by atoms with Crippen molar-refractivity contribution in [1.29, 1.82) is 0 Å². The van der Waals surface area contributed by atoms with Gasteiger partial charge >= 0.3 is 0 Å². The molecule has 0 spiro atoms. The largest absolute Gasteiger partial charge is 0.497 e. The summed E-state index contributed by atoms with van der Waals surface area (Å²) in [7, 11) is -5.14. The quantitative estimate of drug-likeness (QED) is 0.484. The Morgan fingerprint density at radius 1 is 0.969 bits per heavy atom. The Kier molecular flexibility index (Phi) is 7.40. The first-order valence-corrected chi connectivity index (χ1v) is 12.7. The smallest absolute Gasteiger partial charge is 0.240 e. The molecule has 1 N–H and O–H groups in total. The highest BCUT2D eigenvalue weighted by Gasteiger charge is 2.31. The van der Waals surface area contributed by atoms with Crippen LogP contribution in [0.4, 0.5) is 0 Å². The van der Waals surface area contributed by atoms with Gasteiger partial charge in [-0.25, -0.2) is 21.6 Å². The number of pyridine rings is 1. The highest BCUT2D eigenvalue weighted by molar-refractivity contribution is 7.92. The Balaban J connectivity index is 1.94. The zero-order valence-electron chi connectivity index (χ0n) is 17.2. The van der Waals surface area contributed by atoms with E-state index >= 15 is 0 Å². The summed E-state index contributed by atoms with van der Waals surface area (Å²) in [5.41, 5.74) is 0.346. The first-order valence-electron chi connectivity index (χ1n) is 9.30. The van der Waals surface area contributed by atoms with Gasteiger partial charge in [0.05, 0.1) is 29.0 Å². The number of ether oxygens (including phenoxy) is 2. The molecule has 0 aliphatic rings. The maximum absolute atomic E-state index is 13.4. The summed E-state index contributed by atoms with van der Waals surface area (Å²) in [5, 5.41) is -1.10. The van der Waals surface area contributed by atoms with Crippen molar-refractivity contribution in [3.05, 3.63) is 77.6 Å². The number of methoxy groups -OCH3 is 2. The normalized spacial score (nSPS) is 12.8. The summed E-state index contributed by atoms with van der Waals surface area (Å²) in [5.74, 6) is 0.819. The summed E-state index contributed by atoms with van der Waals surface area (Å²) in [6.45, 7) is -0.411. The van der Waals surface area contributed by atoms with Gasteiger partial charge in [-0.3, -0.25) is 4.98 Å². The van der Waals surface area contributed by atoms with Gasteiger partial charge in [-0.1, -0.05) is 17.7 Å². The standard InChI is InChI=1S/C21H21ClN2O6S2/c1-29-16-5-7-17(8-6-16)31(25,26)21(15-4-3-11-23-13-15)14-24-32(27,28)18-9-10-20(30-2)19(22)12-18/h3-13,21,24H,14H2,1-2H3. The zero-order valence-corrected chi connectivity index (χ0v) is 19.6. The van der Waals surface area contributed by atoms with Crippen LogP contribution in [0.2, 0.25) is 5.02 Å². The minimum Gasteiger partial charge on any atom is -0.497 e. The SMILES string of the molecule is COc1ccc(S(=O)(=O)C(CNS(=O)(=O)c2ccc(OC)c(Cl)c2)c2cccnc2)cc1.